The Morgan fingerprint density at radius 2 is 1.89 bits per heavy atom. The van der Waals surface area contributed by atoms with Crippen LogP contribution in [-0.4, -0.2) is 68.4 Å². The summed E-state index contributed by atoms with van der Waals surface area (Å²) in [5.74, 6) is -0.609. The average molecular weight is 294 g/mol. The Bertz CT molecular complexity index is 338. The number of Topliss-reactive ketones (excluding diaryl/α,β-unsaturated/α-hetero) is 1. The number of ketones is 1. The number of aliphatic hydroxyl groups is 4. The van der Waals surface area contributed by atoms with Gasteiger partial charge in [0.25, 0.3) is 0 Å². The van der Waals surface area contributed by atoms with E-state index in [1.54, 1.807) is 27.0 Å². The summed E-state index contributed by atoms with van der Waals surface area (Å²) in [5.41, 5.74) is -4.16. The Labute approximate surface area is 116 Å². The first-order valence-corrected chi connectivity index (χ1v) is 7.32. The van der Waals surface area contributed by atoms with Gasteiger partial charge < -0.3 is 25.2 Å². The van der Waals surface area contributed by atoms with Gasteiger partial charge in [0.15, 0.2) is 11.4 Å². The van der Waals surface area contributed by atoms with Crippen molar-refractivity contribution in [3.8, 4) is 0 Å². The van der Waals surface area contributed by atoms with E-state index in [9.17, 15) is 20.1 Å². The largest absolute Gasteiger partial charge is 0.394 e. The molecule has 1 rings (SSSR count). The summed E-state index contributed by atoms with van der Waals surface area (Å²) in [4.78, 5) is 12.4. The lowest BCUT2D eigenvalue weighted by atomic mass is 9.74. The topological polar surface area (TPSA) is 107 Å². The molecule has 0 bridgehead atoms. The molecule has 0 aromatic heterocycles. The van der Waals surface area contributed by atoms with E-state index >= 15 is 0 Å². The van der Waals surface area contributed by atoms with Gasteiger partial charge in [-0.05, 0) is 6.26 Å². The number of aliphatic hydroxyl groups excluding tert-OH is 3. The average Bonchev–Trinajstić information content (AvgIpc) is 2.34. The molecule has 0 aromatic rings. The molecule has 0 radical (unpaired) electrons. The Morgan fingerprint density at radius 1 is 1.37 bits per heavy atom. The first kappa shape index (κ1) is 16.9. The second kappa shape index (κ2) is 5.67. The smallest absolute Gasteiger partial charge is 0.187 e. The minimum atomic E-state index is -2.21. The highest BCUT2D eigenvalue weighted by atomic mass is 32.2. The molecular formula is C12H22O6S. The zero-order chi connectivity index (χ0) is 15.0. The molecule has 1 aliphatic rings. The fourth-order valence-electron chi connectivity index (χ4n) is 2.17. The molecule has 1 saturated heterocycles. The molecule has 1 aliphatic heterocycles. The highest BCUT2D eigenvalue weighted by Gasteiger charge is 2.60. The summed E-state index contributed by atoms with van der Waals surface area (Å²) in [6.45, 7) is 4.33. The third-order valence-corrected chi connectivity index (χ3v) is 4.15. The maximum absolute atomic E-state index is 12.4. The Balaban J connectivity index is 3.18. The third-order valence-electron chi connectivity index (χ3n) is 3.25. The van der Waals surface area contributed by atoms with Crippen molar-refractivity contribution in [1.29, 1.82) is 0 Å². The van der Waals surface area contributed by atoms with E-state index in [2.05, 4.69) is 0 Å². The van der Waals surface area contributed by atoms with Crippen LogP contribution in [0.15, 0.2) is 0 Å². The van der Waals surface area contributed by atoms with Crippen LogP contribution in [0.25, 0.3) is 0 Å². The lowest BCUT2D eigenvalue weighted by Crippen LogP contribution is -2.70. The number of rotatable bonds is 3. The number of ether oxygens (including phenoxy) is 1. The van der Waals surface area contributed by atoms with Gasteiger partial charge in [-0.2, -0.15) is 0 Å². The zero-order valence-corrected chi connectivity index (χ0v) is 12.3. The number of hydrogen-bond acceptors (Lipinski definition) is 7. The van der Waals surface area contributed by atoms with Gasteiger partial charge in [0.05, 0.1) is 6.61 Å². The van der Waals surface area contributed by atoms with Gasteiger partial charge in [-0.15, -0.1) is 11.8 Å². The van der Waals surface area contributed by atoms with Crippen molar-refractivity contribution >= 4 is 17.5 Å². The predicted octanol–water partition coefficient (Wildman–Crippen LogP) is -0.865. The van der Waals surface area contributed by atoms with Gasteiger partial charge in [0.1, 0.15) is 23.7 Å². The van der Waals surface area contributed by atoms with E-state index in [4.69, 9.17) is 9.84 Å². The van der Waals surface area contributed by atoms with E-state index in [-0.39, 0.29) is 0 Å². The monoisotopic (exact) mass is 294 g/mol. The molecule has 19 heavy (non-hydrogen) atoms. The number of carbonyl (C=O) groups excluding carboxylic acids is 1. The lowest BCUT2D eigenvalue weighted by molar-refractivity contribution is -0.247. The molecule has 0 aromatic carbocycles. The molecule has 1 fully saturated rings. The van der Waals surface area contributed by atoms with E-state index < -0.39 is 47.2 Å². The maximum Gasteiger partial charge on any atom is 0.187 e. The Kier molecular flexibility index (Phi) is 5.03. The van der Waals surface area contributed by atoms with Crippen LogP contribution in [-0.2, 0) is 9.53 Å². The van der Waals surface area contributed by atoms with Crippen molar-refractivity contribution in [2.24, 2.45) is 5.41 Å². The van der Waals surface area contributed by atoms with Gasteiger partial charge >= 0.3 is 0 Å². The van der Waals surface area contributed by atoms with Crippen molar-refractivity contribution in [3.63, 3.8) is 0 Å². The normalized spacial score (nSPS) is 40.2. The molecule has 0 amide bonds. The quantitative estimate of drug-likeness (QED) is 0.536. The van der Waals surface area contributed by atoms with E-state index in [0.29, 0.717) is 0 Å². The van der Waals surface area contributed by atoms with Crippen LogP contribution in [0.5, 0.6) is 0 Å². The third kappa shape index (κ3) is 2.81. The zero-order valence-electron chi connectivity index (χ0n) is 11.5. The molecule has 7 heteroatoms. The minimum Gasteiger partial charge on any atom is -0.394 e. The Morgan fingerprint density at radius 3 is 2.26 bits per heavy atom. The molecule has 0 aliphatic carbocycles. The standard InChI is InChI=1S/C12H22O6S/c1-11(2,3)9(16)12(17)8(15)7(14)6(5-13)18-10(12)19-4/h6-8,10,13-15,17H,5H2,1-4H3/t6-,7+,8+,10+,12+/m1/s1. The van der Waals surface area contributed by atoms with E-state index in [1.165, 1.54) is 0 Å². The van der Waals surface area contributed by atoms with Gasteiger partial charge in [-0.25, -0.2) is 0 Å². The highest BCUT2D eigenvalue weighted by molar-refractivity contribution is 7.99. The maximum atomic E-state index is 12.4. The van der Waals surface area contributed by atoms with E-state index in [1.807, 2.05) is 0 Å². The second-order valence-electron chi connectivity index (χ2n) is 5.76. The Hall–Kier alpha value is -0.180. The van der Waals surface area contributed by atoms with Crippen LogP contribution in [0, 0.1) is 5.41 Å². The summed E-state index contributed by atoms with van der Waals surface area (Å²) in [6.07, 6.45) is -2.64. The highest BCUT2D eigenvalue weighted by Crippen LogP contribution is 2.39. The number of carbonyl (C=O) groups is 1. The number of hydrogen-bond donors (Lipinski definition) is 4. The summed E-state index contributed by atoms with van der Waals surface area (Å²) < 4.78 is 5.33. The molecule has 112 valence electrons. The fourth-order valence-corrected chi connectivity index (χ4v) is 3.03. The van der Waals surface area contributed by atoms with Crippen molar-refractivity contribution in [2.45, 2.75) is 50.1 Å². The van der Waals surface area contributed by atoms with Crippen LogP contribution < -0.4 is 0 Å². The molecule has 6 nitrogen and oxygen atoms in total. The van der Waals surface area contributed by atoms with Gasteiger partial charge in [-0.1, -0.05) is 20.8 Å². The molecule has 4 N–H and O–H groups in total. The first-order valence-electron chi connectivity index (χ1n) is 6.03. The molecule has 1 heterocycles. The summed E-state index contributed by atoms with van der Waals surface area (Å²) in [6, 6.07) is 0. The fraction of sp³-hybridized carbons (Fsp3) is 0.917. The predicted molar refractivity (Wildman–Crippen MR) is 70.7 cm³/mol. The van der Waals surface area contributed by atoms with Crippen LogP contribution in [0.1, 0.15) is 20.8 Å². The molecular weight excluding hydrogens is 272 g/mol. The molecule has 0 unspecified atom stereocenters. The SMILES string of the molecule is CS[C@@H]1O[C@H](CO)[C@H](O)[C@H](O)[C@]1(O)C(=O)C(C)(C)C. The van der Waals surface area contributed by atoms with Crippen LogP contribution in [0.3, 0.4) is 0 Å². The van der Waals surface area contributed by atoms with Crippen molar-refractivity contribution in [1.82, 2.24) is 0 Å². The number of thioether (sulfide) groups is 1. The van der Waals surface area contributed by atoms with Crippen molar-refractivity contribution in [2.75, 3.05) is 12.9 Å². The van der Waals surface area contributed by atoms with E-state index in [0.717, 1.165) is 11.8 Å². The van der Waals surface area contributed by atoms with Gasteiger partial charge in [0.2, 0.25) is 0 Å². The minimum absolute atomic E-state index is 0.505. The molecule has 0 saturated carbocycles. The summed E-state index contributed by atoms with van der Waals surface area (Å²) in [5, 5.41) is 39.6. The summed E-state index contributed by atoms with van der Waals surface area (Å²) >= 11 is 1.05. The second-order valence-corrected chi connectivity index (χ2v) is 6.66. The van der Waals surface area contributed by atoms with Gasteiger partial charge in [-0.3, -0.25) is 4.79 Å². The molecule has 5 atom stereocenters. The first-order chi connectivity index (χ1) is 8.60. The van der Waals surface area contributed by atoms with Gasteiger partial charge in [0, 0.05) is 5.41 Å². The van der Waals surface area contributed by atoms with Crippen LogP contribution in [0.2, 0.25) is 0 Å². The molecule has 0 spiro atoms. The van der Waals surface area contributed by atoms with Crippen molar-refractivity contribution < 1.29 is 30.0 Å². The lowest BCUT2D eigenvalue weighted by Gasteiger charge is -2.48. The van der Waals surface area contributed by atoms with Crippen molar-refractivity contribution in [3.05, 3.63) is 0 Å². The van der Waals surface area contributed by atoms with Crippen LogP contribution in [0.4, 0.5) is 0 Å². The summed E-state index contributed by atoms with van der Waals surface area (Å²) in [7, 11) is 0. The van der Waals surface area contributed by atoms with Crippen LogP contribution >= 0.6 is 11.8 Å².